The lowest BCUT2D eigenvalue weighted by Crippen LogP contribution is -2.44. The smallest absolute Gasteiger partial charge is 0.407 e. The van der Waals surface area contributed by atoms with Crippen LogP contribution in [0.4, 0.5) is 20.8 Å². The largest absolute Gasteiger partial charge is 0.465 e. The van der Waals surface area contributed by atoms with Crippen molar-refractivity contribution in [3.05, 3.63) is 66.5 Å². The first kappa shape index (κ1) is 27.4. The molecule has 2 aromatic carbocycles. The van der Waals surface area contributed by atoms with Gasteiger partial charge in [-0.25, -0.2) is 24.1 Å². The quantitative estimate of drug-likeness (QED) is 0.234. The molecule has 1 aliphatic carbocycles. The van der Waals surface area contributed by atoms with Crippen LogP contribution >= 0.6 is 0 Å². The van der Waals surface area contributed by atoms with Crippen LogP contribution in [0.15, 0.2) is 60.9 Å². The maximum Gasteiger partial charge on any atom is 0.407 e. The summed E-state index contributed by atoms with van der Waals surface area (Å²) in [6.45, 7) is 2.15. The lowest BCUT2D eigenvalue weighted by atomic mass is 10.0. The fourth-order valence-corrected chi connectivity index (χ4v) is 5.30. The van der Waals surface area contributed by atoms with E-state index < -0.39 is 18.2 Å². The van der Waals surface area contributed by atoms with Crippen LogP contribution in [0.1, 0.15) is 31.2 Å². The second-order valence-electron chi connectivity index (χ2n) is 10.9. The summed E-state index contributed by atoms with van der Waals surface area (Å²) in [6, 6.07) is 14.7. The van der Waals surface area contributed by atoms with E-state index >= 15 is 0 Å². The fourth-order valence-electron chi connectivity index (χ4n) is 5.30. The van der Waals surface area contributed by atoms with Gasteiger partial charge in [0.1, 0.15) is 12.4 Å². The molecule has 11 heteroatoms. The number of fused-ring (bicyclic) bond motifs is 1. The van der Waals surface area contributed by atoms with E-state index in [2.05, 4.69) is 20.6 Å². The van der Waals surface area contributed by atoms with Crippen LogP contribution in [0.3, 0.4) is 0 Å². The minimum absolute atomic E-state index is 0.0950. The van der Waals surface area contributed by atoms with Gasteiger partial charge >= 0.3 is 6.09 Å². The molecule has 42 heavy (non-hydrogen) atoms. The number of aromatic nitrogens is 3. The molecule has 0 bridgehead atoms. The van der Waals surface area contributed by atoms with Gasteiger partial charge in [-0.15, -0.1) is 0 Å². The Morgan fingerprint density at radius 1 is 1.10 bits per heavy atom. The number of nitrogens with zero attached hydrogens (tertiary/aromatic N) is 4. The van der Waals surface area contributed by atoms with Crippen molar-refractivity contribution in [1.29, 1.82) is 0 Å². The van der Waals surface area contributed by atoms with Crippen LogP contribution in [0, 0.1) is 12.3 Å². The number of amides is 2. The van der Waals surface area contributed by atoms with Crippen molar-refractivity contribution < 1.29 is 23.8 Å². The Morgan fingerprint density at radius 2 is 1.95 bits per heavy atom. The monoisotopic (exact) mass is 570 g/mol. The molecular weight excluding hydrogens is 539 g/mol. The van der Waals surface area contributed by atoms with E-state index in [1.807, 2.05) is 37.3 Å². The number of piperidine rings is 1. The third-order valence-corrected chi connectivity index (χ3v) is 7.97. The van der Waals surface area contributed by atoms with Crippen molar-refractivity contribution >= 4 is 34.4 Å². The first-order chi connectivity index (χ1) is 20.4. The molecule has 6 rings (SSSR count). The van der Waals surface area contributed by atoms with Gasteiger partial charge in [0.25, 0.3) is 0 Å². The van der Waals surface area contributed by atoms with E-state index in [1.165, 1.54) is 4.90 Å². The number of aryl methyl sites for hydroxylation is 1. The Kier molecular flexibility index (Phi) is 7.32. The predicted octanol–water partition coefficient (Wildman–Crippen LogP) is 6.04. The van der Waals surface area contributed by atoms with Crippen LogP contribution < -0.4 is 15.4 Å². The Balaban J connectivity index is 1.28. The first-order valence-electron chi connectivity index (χ1n) is 14.0. The number of hydrogen-bond acceptors (Lipinski definition) is 7. The van der Waals surface area contributed by atoms with Crippen LogP contribution in [0.2, 0.25) is 0 Å². The number of hydrogen-bond donors (Lipinski definition) is 3. The normalized spacial score (nSPS) is 17.5. The van der Waals surface area contributed by atoms with Gasteiger partial charge < -0.3 is 25.4 Å². The average Bonchev–Trinajstić information content (AvgIpc) is 3.81. The van der Waals surface area contributed by atoms with Gasteiger partial charge in [-0.05, 0) is 62.4 Å². The SMILES string of the molecule is Cc1ccc2c(NC(=O)C3(CF)CC3)cccc2c1Oc1ncccc1-c1ccnc(NC2CCCN(C(=O)O)C2)n1. The van der Waals surface area contributed by atoms with E-state index in [0.29, 0.717) is 60.5 Å². The standard InChI is InChI=1S/C31H31FN6O4/c1-19-9-10-21-22(6-2-8-24(21)36-28(39)31(18-32)12-13-31)26(19)42-27-23(7-3-14-33-27)25-11-15-34-29(37-25)35-20-5-4-16-38(17-20)30(40)41/h2-3,6-11,14-15,20H,4-5,12-13,16-18H2,1H3,(H,36,39)(H,40,41)(H,34,35,37). The zero-order valence-electron chi connectivity index (χ0n) is 23.1. The highest BCUT2D eigenvalue weighted by molar-refractivity contribution is 6.06. The number of anilines is 2. The molecule has 10 nitrogen and oxygen atoms in total. The van der Waals surface area contributed by atoms with Gasteiger partial charge in [0.15, 0.2) is 0 Å². The summed E-state index contributed by atoms with van der Waals surface area (Å²) >= 11 is 0. The Labute approximate surface area is 242 Å². The summed E-state index contributed by atoms with van der Waals surface area (Å²) in [6.07, 6.45) is 5.03. The molecule has 3 N–H and O–H groups in total. The molecular formula is C31H31FN6O4. The predicted molar refractivity (Wildman–Crippen MR) is 157 cm³/mol. The third-order valence-electron chi connectivity index (χ3n) is 7.97. The summed E-state index contributed by atoms with van der Waals surface area (Å²) < 4.78 is 20.0. The fraction of sp³-hybridized carbons (Fsp3) is 0.323. The molecule has 2 fully saturated rings. The number of pyridine rings is 1. The van der Waals surface area contributed by atoms with E-state index in [-0.39, 0.29) is 11.9 Å². The first-order valence-corrected chi connectivity index (χ1v) is 14.0. The van der Waals surface area contributed by atoms with E-state index in [0.717, 1.165) is 29.2 Å². The highest BCUT2D eigenvalue weighted by Gasteiger charge is 2.50. The third kappa shape index (κ3) is 5.41. The number of benzene rings is 2. The number of rotatable bonds is 8. The van der Waals surface area contributed by atoms with Gasteiger partial charge in [-0.1, -0.05) is 24.3 Å². The molecule has 1 unspecified atom stereocenters. The lowest BCUT2D eigenvalue weighted by molar-refractivity contribution is -0.121. The molecule has 0 radical (unpaired) electrons. The summed E-state index contributed by atoms with van der Waals surface area (Å²) in [7, 11) is 0. The molecule has 2 amide bonds. The van der Waals surface area contributed by atoms with E-state index in [9.17, 15) is 19.1 Å². The van der Waals surface area contributed by atoms with Gasteiger partial charge in [-0.2, -0.15) is 0 Å². The molecule has 0 spiro atoms. The minimum Gasteiger partial charge on any atom is -0.465 e. The number of carboxylic acid groups (broad SMARTS) is 1. The molecule has 1 atom stereocenters. The number of ether oxygens (including phenoxy) is 1. The molecule has 1 aliphatic heterocycles. The van der Waals surface area contributed by atoms with Crippen LogP contribution in [-0.4, -0.2) is 62.8 Å². The average molecular weight is 571 g/mol. The highest BCUT2D eigenvalue weighted by Crippen LogP contribution is 2.47. The Hall–Kier alpha value is -4.80. The second-order valence-corrected chi connectivity index (χ2v) is 10.9. The van der Waals surface area contributed by atoms with Crippen molar-refractivity contribution in [2.24, 2.45) is 5.41 Å². The Morgan fingerprint density at radius 3 is 2.74 bits per heavy atom. The van der Waals surface area contributed by atoms with Gasteiger partial charge in [0.2, 0.25) is 17.7 Å². The summed E-state index contributed by atoms with van der Waals surface area (Å²) in [4.78, 5) is 39.1. The summed E-state index contributed by atoms with van der Waals surface area (Å²) in [5.41, 5.74) is 1.80. The molecule has 216 valence electrons. The molecule has 1 saturated heterocycles. The van der Waals surface area contributed by atoms with Crippen LogP contribution in [-0.2, 0) is 4.79 Å². The summed E-state index contributed by atoms with van der Waals surface area (Å²) in [5, 5.41) is 17.1. The second kappa shape index (κ2) is 11.2. The van der Waals surface area contributed by atoms with Crippen molar-refractivity contribution in [2.75, 3.05) is 30.4 Å². The van der Waals surface area contributed by atoms with Crippen molar-refractivity contribution in [1.82, 2.24) is 19.9 Å². The van der Waals surface area contributed by atoms with Crippen molar-refractivity contribution in [3.8, 4) is 22.9 Å². The number of carbonyl (C=O) groups is 2. The number of carbonyl (C=O) groups excluding carboxylic acids is 1. The van der Waals surface area contributed by atoms with Gasteiger partial charge in [0.05, 0.1) is 16.7 Å². The zero-order chi connectivity index (χ0) is 29.3. The zero-order valence-corrected chi connectivity index (χ0v) is 23.1. The minimum atomic E-state index is -0.932. The number of likely N-dealkylation sites (tertiary alicyclic amines) is 1. The Bertz CT molecular complexity index is 1660. The number of alkyl halides is 1. The molecule has 4 aromatic rings. The molecule has 2 aromatic heterocycles. The maximum absolute atomic E-state index is 13.5. The topological polar surface area (TPSA) is 130 Å². The van der Waals surface area contributed by atoms with Crippen molar-refractivity contribution in [3.63, 3.8) is 0 Å². The highest BCUT2D eigenvalue weighted by atomic mass is 19.1. The molecule has 1 saturated carbocycles. The molecule has 3 heterocycles. The summed E-state index contributed by atoms with van der Waals surface area (Å²) in [5.74, 6) is 1.02. The van der Waals surface area contributed by atoms with E-state index in [4.69, 9.17) is 9.72 Å². The van der Waals surface area contributed by atoms with Gasteiger partial charge in [-0.3, -0.25) is 4.79 Å². The number of nitrogens with one attached hydrogen (secondary N) is 2. The van der Waals surface area contributed by atoms with Crippen LogP contribution in [0.5, 0.6) is 11.6 Å². The van der Waals surface area contributed by atoms with Gasteiger partial charge in [0, 0.05) is 48.0 Å². The lowest BCUT2D eigenvalue weighted by Gasteiger charge is -2.31. The van der Waals surface area contributed by atoms with E-state index in [1.54, 1.807) is 30.6 Å². The molecule has 2 aliphatic rings. The maximum atomic E-state index is 13.5. The van der Waals surface area contributed by atoms with Crippen LogP contribution in [0.25, 0.3) is 22.0 Å². The van der Waals surface area contributed by atoms with Crippen molar-refractivity contribution in [2.45, 2.75) is 38.6 Å². The number of halogens is 1.